The molecule has 48 heavy (non-hydrogen) atoms. The van der Waals surface area contributed by atoms with E-state index in [9.17, 15) is 20.1 Å². The van der Waals surface area contributed by atoms with Crippen molar-refractivity contribution in [1.82, 2.24) is 5.32 Å². The number of aliphatic hydroxyl groups excluding tert-OH is 3. The van der Waals surface area contributed by atoms with Gasteiger partial charge >= 0.3 is 0 Å². The first kappa shape index (κ1) is 46.6. The Morgan fingerprint density at radius 3 is 1.44 bits per heavy atom. The highest BCUT2D eigenvalue weighted by Gasteiger charge is 2.26. The summed E-state index contributed by atoms with van der Waals surface area (Å²) in [5.74, 6) is -0.156. The third kappa shape index (κ3) is 33.1. The molecule has 5 heteroatoms. The van der Waals surface area contributed by atoms with E-state index in [0.717, 1.165) is 51.4 Å². The van der Waals surface area contributed by atoms with Crippen LogP contribution >= 0.6 is 0 Å². The van der Waals surface area contributed by atoms with Gasteiger partial charge in [0.05, 0.1) is 18.8 Å². The van der Waals surface area contributed by atoms with E-state index in [1.54, 1.807) is 0 Å². The van der Waals surface area contributed by atoms with E-state index in [1.807, 2.05) is 0 Å². The summed E-state index contributed by atoms with van der Waals surface area (Å²) < 4.78 is 0. The zero-order valence-corrected chi connectivity index (χ0v) is 31.9. The predicted octanol–water partition coefficient (Wildman–Crippen LogP) is 11.6. The number of carbonyl (C=O) groups is 1. The molecular weight excluding hydrogens is 594 g/mol. The smallest absolute Gasteiger partial charge is 0.220 e. The van der Waals surface area contributed by atoms with Crippen molar-refractivity contribution in [3.8, 4) is 0 Å². The normalized spacial score (nSPS) is 14.0. The van der Waals surface area contributed by atoms with E-state index in [0.29, 0.717) is 12.8 Å². The van der Waals surface area contributed by atoms with Gasteiger partial charge in [0, 0.05) is 6.42 Å². The molecule has 0 saturated heterocycles. The van der Waals surface area contributed by atoms with Crippen LogP contribution in [0.3, 0.4) is 0 Å². The molecular formula is C43H81NO4. The highest BCUT2D eigenvalue weighted by atomic mass is 16.3. The second-order valence-corrected chi connectivity index (χ2v) is 14.2. The Balaban J connectivity index is 3.64. The number of amides is 1. The maximum atomic E-state index is 12.4. The van der Waals surface area contributed by atoms with Crippen LogP contribution in [0.15, 0.2) is 36.5 Å². The maximum absolute atomic E-state index is 12.4. The first-order valence-corrected chi connectivity index (χ1v) is 20.8. The third-order valence-corrected chi connectivity index (χ3v) is 9.48. The summed E-state index contributed by atoms with van der Waals surface area (Å²) in [5.41, 5.74) is 0. The van der Waals surface area contributed by atoms with Crippen LogP contribution in [0, 0.1) is 0 Å². The molecule has 0 fully saturated rings. The Morgan fingerprint density at radius 1 is 0.542 bits per heavy atom. The third-order valence-electron chi connectivity index (χ3n) is 9.48. The zero-order valence-electron chi connectivity index (χ0n) is 31.9. The van der Waals surface area contributed by atoms with Crippen LogP contribution in [0.5, 0.6) is 0 Å². The van der Waals surface area contributed by atoms with Crippen LogP contribution in [0.2, 0.25) is 0 Å². The van der Waals surface area contributed by atoms with Gasteiger partial charge in [-0.15, -0.1) is 0 Å². The minimum atomic E-state index is -1.16. The van der Waals surface area contributed by atoms with Gasteiger partial charge in [0.15, 0.2) is 0 Å². The Hall–Kier alpha value is -1.43. The summed E-state index contributed by atoms with van der Waals surface area (Å²) in [7, 11) is 0. The van der Waals surface area contributed by atoms with Crippen LogP contribution in [-0.2, 0) is 4.79 Å². The average Bonchev–Trinajstić information content (AvgIpc) is 3.09. The van der Waals surface area contributed by atoms with Crippen LogP contribution in [0.25, 0.3) is 0 Å². The first-order valence-electron chi connectivity index (χ1n) is 20.8. The summed E-state index contributed by atoms with van der Waals surface area (Å²) >= 11 is 0. The molecule has 0 bridgehead atoms. The van der Waals surface area contributed by atoms with Crippen molar-refractivity contribution in [2.24, 2.45) is 0 Å². The largest absolute Gasteiger partial charge is 0.394 e. The Morgan fingerprint density at radius 2 is 0.958 bits per heavy atom. The fraction of sp³-hybridized carbons (Fsp3) is 0.837. The molecule has 3 atom stereocenters. The number of rotatable bonds is 37. The van der Waals surface area contributed by atoms with Gasteiger partial charge in [-0.05, 0) is 64.2 Å². The van der Waals surface area contributed by atoms with Crippen molar-refractivity contribution >= 4 is 5.91 Å². The van der Waals surface area contributed by atoms with Crippen molar-refractivity contribution in [3.63, 3.8) is 0 Å². The molecule has 0 aromatic rings. The molecule has 282 valence electrons. The molecule has 0 aliphatic carbocycles. The molecule has 0 aromatic carbocycles. The van der Waals surface area contributed by atoms with Gasteiger partial charge in [0.25, 0.3) is 0 Å². The minimum Gasteiger partial charge on any atom is -0.394 e. The van der Waals surface area contributed by atoms with Gasteiger partial charge in [-0.3, -0.25) is 4.79 Å². The second kappa shape index (κ2) is 38.4. The van der Waals surface area contributed by atoms with Crippen molar-refractivity contribution < 1.29 is 20.1 Å². The quantitative estimate of drug-likeness (QED) is 0.0390. The number of unbranched alkanes of at least 4 members (excludes halogenated alkanes) is 23. The molecule has 0 aliphatic rings. The van der Waals surface area contributed by atoms with Crippen molar-refractivity contribution in [2.75, 3.05) is 6.61 Å². The number of hydrogen-bond acceptors (Lipinski definition) is 4. The molecule has 0 heterocycles. The lowest BCUT2D eigenvalue weighted by atomic mass is 10.0. The van der Waals surface area contributed by atoms with E-state index in [4.69, 9.17) is 0 Å². The minimum absolute atomic E-state index is 0.156. The SMILES string of the molecule is CC/C=C\C/C=C\CCCCCCCCCCCCCCCCC(=O)NC(CO)C(O)C(O)CCC/C=C/CCCCCCCCCC. The van der Waals surface area contributed by atoms with Crippen molar-refractivity contribution in [3.05, 3.63) is 36.5 Å². The van der Waals surface area contributed by atoms with E-state index < -0.39 is 18.2 Å². The van der Waals surface area contributed by atoms with Gasteiger partial charge in [0.2, 0.25) is 5.91 Å². The molecule has 0 rings (SSSR count). The average molecular weight is 676 g/mol. The number of nitrogens with one attached hydrogen (secondary N) is 1. The Kier molecular flexibility index (Phi) is 37.2. The lowest BCUT2D eigenvalue weighted by Gasteiger charge is -2.26. The van der Waals surface area contributed by atoms with Gasteiger partial charge in [0.1, 0.15) is 6.10 Å². The summed E-state index contributed by atoms with van der Waals surface area (Å²) in [6, 6.07) is -0.824. The molecule has 3 unspecified atom stereocenters. The molecule has 1 amide bonds. The molecule has 0 spiro atoms. The zero-order chi connectivity index (χ0) is 35.2. The molecule has 4 N–H and O–H groups in total. The molecule has 5 nitrogen and oxygen atoms in total. The summed E-state index contributed by atoms with van der Waals surface area (Å²) in [5, 5.41) is 33.4. The number of hydrogen-bond donors (Lipinski definition) is 4. The first-order chi connectivity index (χ1) is 23.6. The van der Waals surface area contributed by atoms with Gasteiger partial charge < -0.3 is 20.6 Å². The Bertz CT molecular complexity index is 749. The van der Waals surface area contributed by atoms with E-state index in [1.165, 1.54) is 128 Å². The second-order valence-electron chi connectivity index (χ2n) is 14.2. The standard InChI is InChI=1S/C43H81NO4/c1-3-5-7-9-11-13-15-17-18-19-20-21-22-23-24-26-28-30-32-34-36-38-42(47)44-40(39-45)43(48)41(46)37-35-33-31-29-27-25-16-14-12-10-8-6-4-2/h5,7,11,13,29,31,40-41,43,45-46,48H,3-4,6,8-10,12,14-28,30,32-39H2,1-2H3,(H,44,47)/b7-5-,13-11-,31-29+. The topological polar surface area (TPSA) is 89.8 Å². The maximum Gasteiger partial charge on any atom is 0.220 e. The highest BCUT2D eigenvalue weighted by molar-refractivity contribution is 5.76. The van der Waals surface area contributed by atoms with Crippen molar-refractivity contribution in [2.45, 2.75) is 225 Å². The van der Waals surface area contributed by atoms with Crippen LogP contribution in [0.1, 0.15) is 206 Å². The molecule has 0 saturated carbocycles. The van der Waals surface area contributed by atoms with Crippen LogP contribution < -0.4 is 5.32 Å². The Labute approximate surface area is 298 Å². The summed E-state index contributed by atoms with van der Waals surface area (Å²) in [4.78, 5) is 12.4. The molecule has 0 aromatic heterocycles. The summed E-state index contributed by atoms with van der Waals surface area (Å²) in [6.45, 7) is 4.05. The number of allylic oxidation sites excluding steroid dienone is 6. The van der Waals surface area contributed by atoms with Crippen LogP contribution in [-0.4, -0.2) is 46.1 Å². The lowest BCUT2D eigenvalue weighted by molar-refractivity contribution is -0.124. The van der Waals surface area contributed by atoms with E-state index in [2.05, 4.69) is 55.6 Å². The monoisotopic (exact) mass is 676 g/mol. The fourth-order valence-electron chi connectivity index (χ4n) is 6.26. The predicted molar refractivity (Wildman–Crippen MR) is 208 cm³/mol. The fourth-order valence-corrected chi connectivity index (χ4v) is 6.26. The van der Waals surface area contributed by atoms with Crippen molar-refractivity contribution in [1.29, 1.82) is 0 Å². The summed E-state index contributed by atoms with van der Waals surface area (Å²) in [6.07, 6.45) is 46.8. The number of carbonyl (C=O) groups excluding carboxylic acids is 1. The number of aliphatic hydroxyl groups is 3. The van der Waals surface area contributed by atoms with E-state index in [-0.39, 0.29) is 12.5 Å². The molecule has 0 aliphatic heterocycles. The van der Waals surface area contributed by atoms with Gasteiger partial charge in [-0.2, -0.15) is 0 Å². The van der Waals surface area contributed by atoms with E-state index >= 15 is 0 Å². The highest BCUT2D eigenvalue weighted by Crippen LogP contribution is 2.15. The van der Waals surface area contributed by atoms with Crippen LogP contribution in [0.4, 0.5) is 0 Å². The molecule has 0 radical (unpaired) electrons. The van der Waals surface area contributed by atoms with Gasteiger partial charge in [-0.25, -0.2) is 0 Å². The lowest BCUT2D eigenvalue weighted by Crippen LogP contribution is -2.50. The van der Waals surface area contributed by atoms with Gasteiger partial charge in [-0.1, -0.05) is 172 Å².